The Morgan fingerprint density at radius 2 is 2.00 bits per heavy atom. The number of piperidine rings is 3. The molecule has 1 unspecified atom stereocenters. The Kier molecular flexibility index (Phi) is 5.99. The summed E-state index contributed by atoms with van der Waals surface area (Å²) >= 11 is 0. The molecule has 6 rings (SSSR count). The normalized spacial score (nSPS) is 29.1. The zero-order valence-electron chi connectivity index (χ0n) is 18.4. The van der Waals surface area contributed by atoms with Crippen LogP contribution in [0, 0.1) is 17.7 Å². The van der Waals surface area contributed by atoms with Crippen LogP contribution < -0.4 is 5.32 Å². The zero-order valence-corrected chi connectivity index (χ0v) is 18.4. The van der Waals surface area contributed by atoms with Crippen LogP contribution in [0.1, 0.15) is 56.2 Å². The summed E-state index contributed by atoms with van der Waals surface area (Å²) in [6.07, 6.45) is 8.69. The van der Waals surface area contributed by atoms with Crippen LogP contribution in [0.15, 0.2) is 30.5 Å². The molecule has 4 atom stereocenters. The monoisotopic (exact) mass is 441 g/mol. The molecule has 1 saturated carbocycles. The quantitative estimate of drug-likeness (QED) is 0.720. The van der Waals surface area contributed by atoms with Gasteiger partial charge in [-0.2, -0.15) is 0 Å². The number of nitrogens with one attached hydrogen (secondary N) is 1. The van der Waals surface area contributed by atoms with Crippen molar-refractivity contribution in [2.75, 3.05) is 13.1 Å². The molecule has 2 aromatic rings. The number of nitrogens with zero attached hydrogens (tertiary/aromatic N) is 4. The SMILES string of the molecule is O=C(NCc1ccc(F)cc1)[C@H]1CN2CC[C@@H]1C[C@@H]2Cn1cc(C2(O)CCCCC2)nn1. The molecule has 1 aliphatic carbocycles. The molecule has 4 heterocycles. The Morgan fingerprint density at radius 3 is 2.72 bits per heavy atom. The van der Waals surface area contributed by atoms with Crippen LogP contribution in [0.25, 0.3) is 0 Å². The molecular formula is C24H32FN5O2. The molecule has 7 nitrogen and oxygen atoms in total. The number of aliphatic hydroxyl groups is 1. The second-order valence-electron chi connectivity index (χ2n) is 9.80. The molecular weight excluding hydrogens is 409 g/mol. The largest absolute Gasteiger partial charge is 0.383 e. The van der Waals surface area contributed by atoms with Crippen molar-refractivity contribution < 1.29 is 14.3 Å². The first-order chi connectivity index (χ1) is 15.5. The number of carbonyl (C=O) groups is 1. The Balaban J connectivity index is 1.16. The Labute approximate surface area is 188 Å². The third kappa shape index (κ3) is 4.43. The third-order valence-corrected chi connectivity index (χ3v) is 7.69. The molecule has 0 radical (unpaired) electrons. The molecule has 172 valence electrons. The summed E-state index contributed by atoms with van der Waals surface area (Å²) in [5, 5.41) is 22.6. The summed E-state index contributed by atoms with van der Waals surface area (Å²) in [5.41, 5.74) is 0.780. The third-order valence-electron chi connectivity index (χ3n) is 7.69. The molecule has 1 amide bonds. The number of benzene rings is 1. The highest BCUT2D eigenvalue weighted by Crippen LogP contribution is 2.38. The first-order valence-corrected chi connectivity index (χ1v) is 11.9. The number of aromatic nitrogens is 3. The number of halogens is 1. The lowest BCUT2D eigenvalue weighted by Crippen LogP contribution is -2.58. The fourth-order valence-electron chi connectivity index (χ4n) is 5.76. The smallest absolute Gasteiger partial charge is 0.224 e. The Bertz CT molecular complexity index is 940. The number of hydrogen-bond donors (Lipinski definition) is 2. The molecule has 32 heavy (non-hydrogen) atoms. The van der Waals surface area contributed by atoms with Crippen LogP contribution in [0.3, 0.4) is 0 Å². The van der Waals surface area contributed by atoms with Crippen LogP contribution in [-0.4, -0.2) is 50.0 Å². The molecule has 2 bridgehead atoms. The summed E-state index contributed by atoms with van der Waals surface area (Å²) in [4.78, 5) is 15.2. The van der Waals surface area contributed by atoms with Crippen molar-refractivity contribution in [3.63, 3.8) is 0 Å². The van der Waals surface area contributed by atoms with E-state index in [1.807, 2.05) is 10.9 Å². The maximum absolute atomic E-state index is 13.1. The Hall–Kier alpha value is -2.32. The van der Waals surface area contributed by atoms with E-state index in [0.29, 0.717) is 24.2 Å². The fraction of sp³-hybridized carbons (Fsp3) is 0.625. The fourth-order valence-corrected chi connectivity index (χ4v) is 5.76. The number of fused-ring (bicyclic) bond motifs is 3. The van der Waals surface area contributed by atoms with Gasteiger partial charge in [0, 0.05) is 19.1 Å². The van der Waals surface area contributed by atoms with E-state index < -0.39 is 5.60 Å². The molecule has 1 aromatic carbocycles. The molecule has 8 heteroatoms. The Morgan fingerprint density at radius 1 is 1.22 bits per heavy atom. The van der Waals surface area contributed by atoms with E-state index in [0.717, 1.165) is 63.7 Å². The molecule has 3 saturated heterocycles. The van der Waals surface area contributed by atoms with Gasteiger partial charge in [-0.1, -0.05) is 36.6 Å². The number of carbonyl (C=O) groups excluding carboxylic acids is 1. The van der Waals surface area contributed by atoms with Gasteiger partial charge in [-0.15, -0.1) is 5.10 Å². The van der Waals surface area contributed by atoms with Crippen molar-refractivity contribution in [3.05, 3.63) is 47.5 Å². The van der Waals surface area contributed by atoms with Crippen molar-refractivity contribution in [2.45, 2.75) is 69.7 Å². The van der Waals surface area contributed by atoms with Gasteiger partial charge >= 0.3 is 0 Å². The minimum Gasteiger partial charge on any atom is -0.383 e. The van der Waals surface area contributed by atoms with E-state index in [2.05, 4.69) is 20.5 Å². The number of amides is 1. The van der Waals surface area contributed by atoms with E-state index in [1.54, 1.807) is 12.1 Å². The highest BCUT2D eigenvalue weighted by atomic mass is 19.1. The van der Waals surface area contributed by atoms with E-state index in [4.69, 9.17) is 0 Å². The molecule has 4 fully saturated rings. The lowest BCUT2D eigenvalue weighted by atomic mass is 9.75. The highest BCUT2D eigenvalue weighted by molar-refractivity contribution is 5.79. The van der Waals surface area contributed by atoms with Gasteiger partial charge in [0.15, 0.2) is 0 Å². The summed E-state index contributed by atoms with van der Waals surface area (Å²) < 4.78 is 14.9. The molecule has 4 aliphatic rings. The first kappa shape index (κ1) is 21.5. The minimum atomic E-state index is -0.823. The van der Waals surface area contributed by atoms with Crippen molar-refractivity contribution in [2.24, 2.45) is 11.8 Å². The van der Waals surface area contributed by atoms with E-state index >= 15 is 0 Å². The second kappa shape index (κ2) is 8.90. The van der Waals surface area contributed by atoms with E-state index in [-0.39, 0.29) is 17.6 Å². The zero-order chi connectivity index (χ0) is 22.1. The van der Waals surface area contributed by atoms with Crippen molar-refractivity contribution in [1.82, 2.24) is 25.2 Å². The van der Waals surface area contributed by atoms with Gasteiger partial charge < -0.3 is 10.4 Å². The summed E-state index contributed by atoms with van der Waals surface area (Å²) in [6.45, 7) is 2.93. The van der Waals surface area contributed by atoms with Crippen molar-refractivity contribution >= 4 is 5.91 Å². The second-order valence-corrected chi connectivity index (χ2v) is 9.80. The average molecular weight is 442 g/mol. The average Bonchev–Trinajstić information content (AvgIpc) is 3.29. The lowest BCUT2D eigenvalue weighted by molar-refractivity contribution is -0.133. The maximum Gasteiger partial charge on any atom is 0.224 e. The van der Waals surface area contributed by atoms with Crippen molar-refractivity contribution in [3.8, 4) is 0 Å². The predicted octanol–water partition coefficient (Wildman–Crippen LogP) is 2.60. The highest BCUT2D eigenvalue weighted by Gasteiger charge is 2.43. The van der Waals surface area contributed by atoms with Crippen molar-refractivity contribution in [1.29, 1.82) is 0 Å². The predicted molar refractivity (Wildman–Crippen MR) is 117 cm³/mol. The maximum atomic E-state index is 13.1. The number of hydrogen-bond acceptors (Lipinski definition) is 5. The van der Waals surface area contributed by atoms with Crippen LogP contribution in [0.4, 0.5) is 4.39 Å². The minimum absolute atomic E-state index is 0.00490. The molecule has 0 spiro atoms. The summed E-state index contributed by atoms with van der Waals surface area (Å²) in [6, 6.07) is 6.59. The lowest BCUT2D eigenvalue weighted by Gasteiger charge is -2.49. The summed E-state index contributed by atoms with van der Waals surface area (Å²) in [7, 11) is 0. The van der Waals surface area contributed by atoms with E-state index in [1.165, 1.54) is 18.6 Å². The van der Waals surface area contributed by atoms with Crippen LogP contribution in [0.2, 0.25) is 0 Å². The van der Waals surface area contributed by atoms with Crippen LogP contribution >= 0.6 is 0 Å². The van der Waals surface area contributed by atoms with E-state index in [9.17, 15) is 14.3 Å². The van der Waals surface area contributed by atoms with Gasteiger partial charge in [0.05, 0.1) is 18.7 Å². The van der Waals surface area contributed by atoms with Gasteiger partial charge in [0.25, 0.3) is 0 Å². The van der Waals surface area contributed by atoms with Crippen LogP contribution in [-0.2, 0) is 23.5 Å². The van der Waals surface area contributed by atoms with Gasteiger partial charge in [-0.3, -0.25) is 14.4 Å². The number of rotatable bonds is 6. The summed E-state index contributed by atoms with van der Waals surface area (Å²) in [5.74, 6) is 0.180. The molecule has 2 N–H and O–H groups in total. The van der Waals surface area contributed by atoms with Gasteiger partial charge in [-0.25, -0.2) is 4.39 Å². The van der Waals surface area contributed by atoms with Gasteiger partial charge in [0.1, 0.15) is 17.1 Å². The molecule has 1 aromatic heterocycles. The standard InChI is InChI=1S/C24H32FN5O2/c25-19-6-4-17(5-7-19)13-26-23(31)21-15-29-11-8-18(21)12-20(29)14-30-16-22(27-28-30)24(32)9-2-1-3-10-24/h4-7,16,18,20-21,32H,1-3,8-15H2,(H,26,31)/t18-,20-,21+/m1/s1. The van der Waals surface area contributed by atoms with Gasteiger partial charge in [-0.05, 0) is 55.8 Å². The topological polar surface area (TPSA) is 83.3 Å². The van der Waals surface area contributed by atoms with Gasteiger partial charge in [0.2, 0.25) is 5.91 Å². The first-order valence-electron chi connectivity index (χ1n) is 11.9. The van der Waals surface area contributed by atoms with Crippen LogP contribution in [0.5, 0.6) is 0 Å². The molecule has 3 aliphatic heterocycles.